The van der Waals surface area contributed by atoms with Crippen LogP contribution in [0.5, 0.6) is 0 Å². The molecule has 4 heteroatoms. The van der Waals surface area contributed by atoms with Gasteiger partial charge < -0.3 is 15.6 Å². The summed E-state index contributed by atoms with van der Waals surface area (Å²) in [4.78, 5) is 18.6. The minimum Gasteiger partial charge on any atom is -0.481 e. The molecule has 0 aromatic rings. The van der Waals surface area contributed by atoms with Crippen molar-refractivity contribution in [3.63, 3.8) is 0 Å². The van der Waals surface area contributed by atoms with Crippen LogP contribution in [0.3, 0.4) is 0 Å². The Labute approximate surface area is 89.5 Å². The second kappa shape index (κ2) is 6.14. The molecule has 1 atom stereocenters. The van der Waals surface area contributed by atoms with Gasteiger partial charge in [0.2, 0.25) is 0 Å². The number of allylic oxidation sites excluding steroid dienone is 2. The molecule has 0 bridgehead atoms. The highest BCUT2D eigenvalue weighted by Gasteiger charge is 2.14. The van der Waals surface area contributed by atoms with Crippen molar-refractivity contribution in [1.29, 1.82) is 0 Å². The molecular formula is C11H17NO3. The van der Waals surface area contributed by atoms with Gasteiger partial charge in [0.25, 0.3) is 0 Å². The van der Waals surface area contributed by atoms with Crippen LogP contribution >= 0.6 is 0 Å². The normalized spacial score (nSPS) is 23.5. The number of carbonyl (C=O) groups is 2. The molecule has 0 saturated carbocycles. The van der Waals surface area contributed by atoms with E-state index < -0.39 is 5.97 Å². The number of rotatable bonds is 2. The van der Waals surface area contributed by atoms with Crippen LogP contribution in [0.25, 0.3) is 0 Å². The molecule has 0 aliphatic heterocycles. The van der Waals surface area contributed by atoms with Crippen molar-refractivity contribution in [2.45, 2.75) is 32.2 Å². The Bertz CT molecular complexity index is 290. The van der Waals surface area contributed by atoms with Gasteiger partial charge in [-0.3, -0.25) is 4.79 Å². The molecule has 1 rings (SSSR count). The number of carboxylic acids is 1. The van der Waals surface area contributed by atoms with Gasteiger partial charge in [0.05, 0.1) is 0 Å². The summed E-state index contributed by atoms with van der Waals surface area (Å²) in [7, 11) is 0. The van der Waals surface area contributed by atoms with E-state index in [-0.39, 0.29) is 12.0 Å². The Morgan fingerprint density at radius 1 is 1.73 bits per heavy atom. The predicted molar refractivity (Wildman–Crippen MR) is 58.4 cm³/mol. The Balaban J connectivity index is 0.000000288. The van der Waals surface area contributed by atoms with E-state index in [1.165, 1.54) is 5.57 Å². The minimum atomic E-state index is -1.08. The quantitative estimate of drug-likeness (QED) is 0.532. The molecule has 84 valence electrons. The summed E-state index contributed by atoms with van der Waals surface area (Å²) in [6.07, 6.45) is 7.23. The molecular weight excluding hydrogens is 194 g/mol. The third kappa shape index (κ3) is 7.64. The maximum absolute atomic E-state index is 9.37. The predicted octanol–water partition coefficient (Wildman–Crippen LogP) is 1.27. The van der Waals surface area contributed by atoms with E-state index in [1.807, 2.05) is 6.92 Å². The SMILES string of the molecule is CC1=CCC(C)(N)C=C1.O=CCC(=O)O. The summed E-state index contributed by atoms with van der Waals surface area (Å²) >= 11 is 0. The molecule has 15 heavy (non-hydrogen) atoms. The summed E-state index contributed by atoms with van der Waals surface area (Å²) in [6, 6.07) is 0. The first-order chi connectivity index (χ1) is 6.87. The first-order valence-electron chi connectivity index (χ1n) is 4.68. The summed E-state index contributed by atoms with van der Waals surface area (Å²) < 4.78 is 0. The third-order valence-electron chi connectivity index (χ3n) is 1.85. The number of carboxylic acid groups (broad SMARTS) is 1. The van der Waals surface area contributed by atoms with Gasteiger partial charge in [-0.05, 0) is 20.3 Å². The van der Waals surface area contributed by atoms with Gasteiger partial charge in [0, 0.05) is 5.54 Å². The van der Waals surface area contributed by atoms with Gasteiger partial charge in [0.15, 0.2) is 0 Å². The first kappa shape index (κ1) is 13.6. The average Bonchev–Trinajstić information content (AvgIpc) is 2.11. The summed E-state index contributed by atoms with van der Waals surface area (Å²) in [6.45, 7) is 4.12. The molecule has 0 amide bonds. The van der Waals surface area contributed by atoms with Crippen LogP contribution in [-0.2, 0) is 9.59 Å². The van der Waals surface area contributed by atoms with Gasteiger partial charge in [-0.25, -0.2) is 0 Å². The zero-order chi connectivity index (χ0) is 11.9. The molecule has 0 aromatic heterocycles. The average molecular weight is 211 g/mol. The van der Waals surface area contributed by atoms with Crippen molar-refractivity contribution in [2.75, 3.05) is 0 Å². The summed E-state index contributed by atoms with van der Waals surface area (Å²) in [5.74, 6) is -1.08. The van der Waals surface area contributed by atoms with E-state index in [9.17, 15) is 9.59 Å². The van der Waals surface area contributed by atoms with Gasteiger partial charge in [-0.1, -0.05) is 23.8 Å². The molecule has 1 unspecified atom stereocenters. The smallest absolute Gasteiger partial charge is 0.310 e. The highest BCUT2D eigenvalue weighted by atomic mass is 16.4. The van der Waals surface area contributed by atoms with Gasteiger partial charge in [-0.2, -0.15) is 0 Å². The van der Waals surface area contributed by atoms with Crippen LogP contribution in [0.4, 0.5) is 0 Å². The van der Waals surface area contributed by atoms with Crippen LogP contribution in [-0.4, -0.2) is 22.9 Å². The number of nitrogens with two attached hydrogens (primary N) is 1. The second-order valence-corrected chi connectivity index (χ2v) is 3.76. The third-order valence-corrected chi connectivity index (χ3v) is 1.85. The first-order valence-corrected chi connectivity index (χ1v) is 4.68. The molecule has 1 aliphatic rings. The zero-order valence-electron chi connectivity index (χ0n) is 9.06. The lowest BCUT2D eigenvalue weighted by molar-refractivity contribution is -0.138. The van der Waals surface area contributed by atoms with Crippen LogP contribution in [0.1, 0.15) is 26.7 Å². The molecule has 1 aliphatic carbocycles. The maximum Gasteiger partial charge on any atom is 0.310 e. The zero-order valence-corrected chi connectivity index (χ0v) is 9.06. The van der Waals surface area contributed by atoms with Crippen molar-refractivity contribution in [3.05, 3.63) is 23.8 Å². The fourth-order valence-electron chi connectivity index (χ4n) is 0.910. The maximum atomic E-state index is 9.37. The fourth-order valence-corrected chi connectivity index (χ4v) is 0.910. The van der Waals surface area contributed by atoms with E-state index in [0.29, 0.717) is 6.29 Å². The van der Waals surface area contributed by atoms with Crippen molar-refractivity contribution < 1.29 is 14.7 Å². The minimum absolute atomic E-state index is 0.0977. The molecule has 0 aromatic carbocycles. The van der Waals surface area contributed by atoms with Crippen LogP contribution in [0.2, 0.25) is 0 Å². The Kier molecular flexibility index (Phi) is 5.56. The lowest BCUT2D eigenvalue weighted by atomic mass is 9.92. The topological polar surface area (TPSA) is 80.4 Å². The lowest BCUT2D eigenvalue weighted by Crippen LogP contribution is -2.33. The van der Waals surface area contributed by atoms with Gasteiger partial charge in [0.1, 0.15) is 12.7 Å². The molecule has 0 radical (unpaired) electrons. The van der Waals surface area contributed by atoms with Crippen molar-refractivity contribution in [1.82, 2.24) is 0 Å². The van der Waals surface area contributed by atoms with E-state index in [2.05, 4.69) is 25.2 Å². The summed E-state index contributed by atoms with van der Waals surface area (Å²) in [5, 5.41) is 7.68. The van der Waals surface area contributed by atoms with E-state index in [4.69, 9.17) is 10.8 Å². The van der Waals surface area contributed by atoms with E-state index in [1.54, 1.807) is 0 Å². The Morgan fingerprint density at radius 2 is 2.33 bits per heavy atom. The number of aldehydes is 1. The van der Waals surface area contributed by atoms with Gasteiger partial charge in [-0.15, -0.1) is 0 Å². The van der Waals surface area contributed by atoms with Crippen LogP contribution in [0.15, 0.2) is 23.8 Å². The highest BCUT2D eigenvalue weighted by Crippen LogP contribution is 2.16. The molecule has 4 nitrogen and oxygen atoms in total. The molecule has 0 fully saturated rings. The molecule has 0 saturated heterocycles. The number of carbonyl (C=O) groups excluding carboxylic acids is 1. The molecule has 0 heterocycles. The standard InChI is InChI=1S/C8H13N.C3H4O3/c1-7-3-5-8(2,9)6-4-7;4-2-1-3(5)6/h3-5H,6,9H2,1-2H3;2H,1H2,(H,5,6). The van der Waals surface area contributed by atoms with Gasteiger partial charge >= 0.3 is 5.97 Å². The van der Waals surface area contributed by atoms with Crippen LogP contribution in [0, 0.1) is 0 Å². The second-order valence-electron chi connectivity index (χ2n) is 3.76. The fraction of sp³-hybridized carbons (Fsp3) is 0.455. The number of hydrogen-bond acceptors (Lipinski definition) is 3. The monoisotopic (exact) mass is 211 g/mol. The Morgan fingerprint density at radius 3 is 2.53 bits per heavy atom. The largest absolute Gasteiger partial charge is 0.481 e. The lowest BCUT2D eigenvalue weighted by Gasteiger charge is -2.21. The molecule has 3 N–H and O–H groups in total. The van der Waals surface area contributed by atoms with E-state index in [0.717, 1.165) is 6.42 Å². The molecule has 0 spiro atoms. The van der Waals surface area contributed by atoms with Crippen molar-refractivity contribution in [3.8, 4) is 0 Å². The summed E-state index contributed by atoms with van der Waals surface area (Å²) in [5.41, 5.74) is 7.03. The number of hydrogen-bond donors (Lipinski definition) is 2. The Hall–Kier alpha value is -1.42. The van der Waals surface area contributed by atoms with Crippen molar-refractivity contribution in [2.24, 2.45) is 5.73 Å². The highest BCUT2D eigenvalue weighted by molar-refractivity contribution is 5.81. The van der Waals surface area contributed by atoms with Crippen molar-refractivity contribution >= 4 is 12.3 Å². The van der Waals surface area contributed by atoms with Crippen LogP contribution < -0.4 is 5.73 Å². The number of aliphatic carboxylic acids is 1. The van der Waals surface area contributed by atoms with E-state index >= 15 is 0 Å².